The van der Waals surface area contributed by atoms with Gasteiger partial charge in [-0.2, -0.15) is 32.5 Å². The summed E-state index contributed by atoms with van der Waals surface area (Å²) in [6.45, 7) is 0. The molecule has 2 aromatic rings. The molecule has 10 nitrogen and oxygen atoms in total. The first-order valence-corrected chi connectivity index (χ1v) is 9.11. The number of hydrogen-bond acceptors (Lipinski definition) is 8. The van der Waals surface area contributed by atoms with E-state index < -0.39 is 35.7 Å². The monoisotopic (exact) mass is 380 g/mol. The number of nitrogens with one attached hydrogen (secondary N) is 1. The van der Waals surface area contributed by atoms with Crippen LogP contribution >= 0.6 is 0 Å². The van der Waals surface area contributed by atoms with Crippen LogP contribution in [-0.4, -0.2) is 31.7 Å². The quantitative estimate of drug-likeness (QED) is 0.398. The van der Waals surface area contributed by atoms with Crippen LogP contribution in [0, 0.1) is 22.7 Å². The molecule has 25 heavy (non-hydrogen) atoms. The Morgan fingerprint density at radius 2 is 1.64 bits per heavy atom. The van der Waals surface area contributed by atoms with E-state index in [2.05, 4.69) is 10.5 Å². The van der Waals surface area contributed by atoms with Crippen LogP contribution in [0.15, 0.2) is 45.2 Å². The highest BCUT2D eigenvalue weighted by Gasteiger charge is 2.20. The van der Waals surface area contributed by atoms with Crippen LogP contribution in [0.5, 0.6) is 0 Å². The van der Waals surface area contributed by atoms with Gasteiger partial charge >= 0.3 is 0 Å². The van der Waals surface area contributed by atoms with Gasteiger partial charge in [0, 0.05) is 5.39 Å². The second-order valence-electron chi connectivity index (χ2n) is 4.60. The number of hydrazone groups is 1. The second-order valence-corrected chi connectivity index (χ2v) is 7.41. The minimum Gasteiger partial charge on any atom is -0.282 e. The van der Waals surface area contributed by atoms with Crippen molar-refractivity contribution in [2.24, 2.45) is 5.10 Å². The molecule has 128 valence electrons. The number of benzene rings is 2. The highest BCUT2D eigenvalue weighted by atomic mass is 32.2. The van der Waals surface area contributed by atoms with Crippen LogP contribution in [0.4, 0.5) is 5.69 Å². The first-order valence-electron chi connectivity index (χ1n) is 6.23. The normalized spacial score (nSPS) is 11.4. The zero-order valence-corrected chi connectivity index (χ0v) is 13.7. The van der Waals surface area contributed by atoms with Gasteiger partial charge in [0.15, 0.2) is 0 Å². The Morgan fingerprint density at radius 1 is 1.00 bits per heavy atom. The molecule has 0 aromatic heterocycles. The molecule has 0 atom stereocenters. The summed E-state index contributed by atoms with van der Waals surface area (Å²) in [4.78, 5) is -1.45. The fraction of sp³-hybridized carbons (Fsp3) is 0. The van der Waals surface area contributed by atoms with Crippen molar-refractivity contribution in [2.45, 2.75) is 9.79 Å². The molecule has 0 saturated carbocycles. The molecular formula is C13H8N4O6S2. The molecule has 0 spiro atoms. The van der Waals surface area contributed by atoms with E-state index in [9.17, 15) is 21.4 Å². The predicted molar refractivity (Wildman–Crippen MR) is 85.9 cm³/mol. The van der Waals surface area contributed by atoms with Gasteiger partial charge in [-0.1, -0.05) is 6.07 Å². The van der Waals surface area contributed by atoms with Gasteiger partial charge in [0.2, 0.25) is 5.71 Å². The molecule has 0 unspecified atom stereocenters. The Morgan fingerprint density at radius 3 is 2.16 bits per heavy atom. The molecule has 0 heterocycles. The number of fused-ring (bicyclic) bond motifs is 1. The van der Waals surface area contributed by atoms with Crippen molar-refractivity contribution in [1.82, 2.24) is 0 Å². The Labute approximate surface area is 142 Å². The maximum atomic E-state index is 11.5. The number of anilines is 1. The van der Waals surface area contributed by atoms with Gasteiger partial charge in [0.1, 0.15) is 17.0 Å². The van der Waals surface area contributed by atoms with Crippen molar-refractivity contribution in [3.8, 4) is 12.1 Å². The number of rotatable bonds is 4. The summed E-state index contributed by atoms with van der Waals surface area (Å²) in [7, 11) is -9.51. The molecule has 2 rings (SSSR count). The molecule has 12 heteroatoms. The van der Waals surface area contributed by atoms with Gasteiger partial charge < -0.3 is 0 Å². The largest absolute Gasteiger partial charge is 0.295 e. The lowest BCUT2D eigenvalue weighted by molar-refractivity contribution is 0.482. The SMILES string of the molecule is N#CC(C#N)=NNc1ccc2cc(S(=O)(=O)O)cc(S(=O)(=O)O)c2c1. The molecular weight excluding hydrogens is 372 g/mol. The van der Waals surface area contributed by atoms with E-state index in [0.717, 1.165) is 6.07 Å². The average molecular weight is 380 g/mol. The summed E-state index contributed by atoms with van der Waals surface area (Å²) < 4.78 is 64.0. The van der Waals surface area contributed by atoms with Crippen LogP contribution < -0.4 is 5.43 Å². The summed E-state index contributed by atoms with van der Waals surface area (Å²) in [6, 6.07) is 8.53. The molecule has 0 aliphatic rings. The topological polar surface area (TPSA) is 181 Å². The molecule has 0 saturated heterocycles. The second kappa shape index (κ2) is 6.46. The number of nitriles is 2. The Hall–Kier alpha value is -3.03. The Balaban J connectivity index is 2.72. The lowest BCUT2D eigenvalue weighted by Crippen LogP contribution is -2.04. The first-order chi connectivity index (χ1) is 11.6. The van der Waals surface area contributed by atoms with Gasteiger partial charge in [-0.25, -0.2) is 0 Å². The number of nitrogens with zero attached hydrogens (tertiary/aromatic N) is 3. The molecule has 0 aliphatic heterocycles. The van der Waals surface area contributed by atoms with Crippen molar-refractivity contribution in [3.63, 3.8) is 0 Å². The third kappa shape index (κ3) is 4.09. The van der Waals surface area contributed by atoms with Crippen LogP contribution in [0.1, 0.15) is 0 Å². The van der Waals surface area contributed by atoms with Crippen molar-refractivity contribution in [2.75, 3.05) is 5.43 Å². The molecule has 0 amide bonds. The van der Waals surface area contributed by atoms with Crippen LogP contribution in [-0.2, 0) is 20.2 Å². The van der Waals surface area contributed by atoms with E-state index in [1.165, 1.54) is 30.3 Å². The summed E-state index contributed by atoms with van der Waals surface area (Å²) in [5.74, 6) is 0. The zero-order chi connectivity index (χ0) is 18.8. The highest BCUT2D eigenvalue weighted by Crippen LogP contribution is 2.29. The predicted octanol–water partition coefficient (Wildman–Crippen LogP) is 1.15. The number of hydrogen-bond donors (Lipinski definition) is 3. The summed E-state index contributed by atoms with van der Waals surface area (Å²) in [5, 5.41) is 20.7. The zero-order valence-electron chi connectivity index (χ0n) is 12.1. The fourth-order valence-electron chi connectivity index (χ4n) is 1.92. The highest BCUT2D eigenvalue weighted by molar-refractivity contribution is 7.86. The van der Waals surface area contributed by atoms with E-state index in [0.29, 0.717) is 6.07 Å². The summed E-state index contributed by atoms with van der Waals surface area (Å²) >= 11 is 0. The van der Waals surface area contributed by atoms with Gasteiger partial charge in [0.05, 0.1) is 10.6 Å². The van der Waals surface area contributed by atoms with Gasteiger partial charge in [0.25, 0.3) is 20.2 Å². The van der Waals surface area contributed by atoms with Gasteiger partial charge in [-0.15, -0.1) is 0 Å². The van der Waals surface area contributed by atoms with E-state index in [1.54, 1.807) is 0 Å². The van der Waals surface area contributed by atoms with Crippen molar-refractivity contribution < 1.29 is 25.9 Å². The summed E-state index contributed by atoms with van der Waals surface area (Å²) in [6.07, 6.45) is 0. The summed E-state index contributed by atoms with van der Waals surface area (Å²) in [5.41, 5.74) is 2.05. The van der Waals surface area contributed by atoms with E-state index in [4.69, 9.17) is 15.1 Å². The third-order valence-corrected chi connectivity index (χ3v) is 4.70. The Bertz CT molecular complexity index is 1170. The minimum absolute atomic E-state index is 0.0643. The molecule has 2 aromatic carbocycles. The first kappa shape index (κ1) is 18.3. The maximum Gasteiger partial charge on any atom is 0.295 e. The fourth-order valence-corrected chi connectivity index (χ4v) is 3.27. The molecule has 0 fully saturated rings. The lowest BCUT2D eigenvalue weighted by Gasteiger charge is -2.09. The van der Waals surface area contributed by atoms with Gasteiger partial charge in [-0.3, -0.25) is 14.5 Å². The molecule has 0 bridgehead atoms. The molecule has 0 aliphatic carbocycles. The third-order valence-electron chi connectivity index (χ3n) is 2.97. The maximum absolute atomic E-state index is 11.5. The van der Waals surface area contributed by atoms with Crippen molar-refractivity contribution in [1.29, 1.82) is 10.5 Å². The Kier molecular flexibility index (Phi) is 4.73. The van der Waals surface area contributed by atoms with Crippen molar-refractivity contribution in [3.05, 3.63) is 30.3 Å². The van der Waals surface area contributed by atoms with E-state index >= 15 is 0 Å². The lowest BCUT2D eigenvalue weighted by atomic mass is 10.1. The van der Waals surface area contributed by atoms with E-state index in [1.807, 2.05) is 0 Å². The molecule has 0 radical (unpaired) electrons. The average Bonchev–Trinajstić information content (AvgIpc) is 2.52. The smallest absolute Gasteiger partial charge is 0.282 e. The standard InChI is InChI=1S/C13H8N4O6S2/c14-6-10(7-15)17-16-9-2-1-8-3-11(24(18,19)20)5-13(12(8)4-9)25(21,22)23/h1-5,16H,(H,18,19,20)(H,21,22,23). The van der Waals surface area contributed by atoms with Crippen LogP contribution in [0.25, 0.3) is 10.8 Å². The van der Waals surface area contributed by atoms with Crippen LogP contribution in [0.3, 0.4) is 0 Å². The van der Waals surface area contributed by atoms with Crippen LogP contribution in [0.2, 0.25) is 0 Å². The van der Waals surface area contributed by atoms with Gasteiger partial charge in [-0.05, 0) is 29.7 Å². The van der Waals surface area contributed by atoms with E-state index in [-0.39, 0.29) is 16.5 Å². The minimum atomic E-state index is -4.81. The molecule has 3 N–H and O–H groups in total. The van der Waals surface area contributed by atoms with Crippen molar-refractivity contribution >= 4 is 42.4 Å².